The number of thioether (sulfide) groups is 1. The lowest BCUT2D eigenvalue weighted by atomic mass is 10.1. The van der Waals surface area contributed by atoms with E-state index in [9.17, 15) is 4.79 Å². The lowest BCUT2D eigenvalue weighted by Crippen LogP contribution is -2.35. The van der Waals surface area contributed by atoms with Crippen LogP contribution in [0.15, 0.2) is 12.3 Å². The summed E-state index contributed by atoms with van der Waals surface area (Å²) in [7, 11) is 1.38. The number of nitrogen functional groups attached to an aromatic ring is 1. The van der Waals surface area contributed by atoms with E-state index < -0.39 is 0 Å². The number of methoxy groups -OCH3 is 1. The highest BCUT2D eigenvalue weighted by Crippen LogP contribution is 2.28. The highest BCUT2D eigenvalue weighted by atomic mass is 32.2. The van der Waals surface area contributed by atoms with E-state index >= 15 is 0 Å². The number of anilines is 2. The molecule has 19 heavy (non-hydrogen) atoms. The number of esters is 1. The Kier molecular flexibility index (Phi) is 4.52. The quantitative estimate of drug-likeness (QED) is 0.852. The van der Waals surface area contributed by atoms with Gasteiger partial charge in [0.15, 0.2) is 0 Å². The second kappa shape index (κ2) is 6.14. The molecule has 1 aromatic rings. The molecule has 0 aliphatic carbocycles. The maximum absolute atomic E-state index is 11.8. The number of aromatic nitrogens is 1. The molecule has 5 nitrogen and oxygen atoms in total. The van der Waals surface area contributed by atoms with Gasteiger partial charge in [-0.15, -0.1) is 0 Å². The van der Waals surface area contributed by atoms with E-state index in [1.165, 1.54) is 7.11 Å². The molecule has 1 aliphatic rings. The van der Waals surface area contributed by atoms with Gasteiger partial charge in [0.2, 0.25) is 0 Å². The van der Waals surface area contributed by atoms with Crippen molar-refractivity contribution in [2.75, 3.05) is 37.1 Å². The average molecular weight is 281 g/mol. The summed E-state index contributed by atoms with van der Waals surface area (Å²) in [6.07, 6.45) is 6.05. The summed E-state index contributed by atoms with van der Waals surface area (Å²) in [5.74, 6) is -0.0285. The van der Waals surface area contributed by atoms with E-state index in [1.807, 2.05) is 11.8 Å². The summed E-state index contributed by atoms with van der Waals surface area (Å²) in [5, 5.41) is 0.708. The predicted octanol–water partition coefficient (Wildman–Crippen LogP) is 1.78. The zero-order chi connectivity index (χ0) is 13.8. The smallest absolute Gasteiger partial charge is 0.340 e. The fourth-order valence-electron chi connectivity index (χ4n) is 2.32. The SMILES string of the molecule is COC(=O)c1cc(N)ncc1N1CCC(SC)CC1. The largest absolute Gasteiger partial charge is 0.465 e. The van der Waals surface area contributed by atoms with Gasteiger partial charge < -0.3 is 15.4 Å². The zero-order valence-corrected chi connectivity index (χ0v) is 12.1. The van der Waals surface area contributed by atoms with Crippen LogP contribution in [0.1, 0.15) is 23.2 Å². The molecule has 0 bridgehead atoms. The molecule has 1 aromatic heterocycles. The van der Waals surface area contributed by atoms with Crippen LogP contribution in [0.2, 0.25) is 0 Å². The molecular weight excluding hydrogens is 262 g/mol. The van der Waals surface area contributed by atoms with Gasteiger partial charge in [0, 0.05) is 18.3 Å². The Morgan fingerprint density at radius 2 is 2.21 bits per heavy atom. The molecule has 104 valence electrons. The Labute approximate surface area is 117 Å². The summed E-state index contributed by atoms with van der Waals surface area (Å²) in [4.78, 5) is 18.1. The number of carbonyl (C=O) groups is 1. The maximum atomic E-state index is 11.8. The van der Waals surface area contributed by atoms with Gasteiger partial charge in [-0.2, -0.15) is 11.8 Å². The number of carbonyl (C=O) groups excluding carboxylic acids is 1. The van der Waals surface area contributed by atoms with Crippen LogP contribution >= 0.6 is 11.8 Å². The first-order valence-corrected chi connectivity index (χ1v) is 7.56. The summed E-state index contributed by atoms with van der Waals surface area (Å²) in [5.41, 5.74) is 6.97. The third-order valence-electron chi connectivity index (χ3n) is 3.43. The van der Waals surface area contributed by atoms with Crippen molar-refractivity contribution in [2.45, 2.75) is 18.1 Å². The van der Waals surface area contributed by atoms with Gasteiger partial charge in [-0.25, -0.2) is 9.78 Å². The lowest BCUT2D eigenvalue weighted by molar-refractivity contribution is 0.0601. The molecule has 0 radical (unpaired) electrons. The van der Waals surface area contributed by atoms with Crippen molar-refractivity contribution in [1.29, 1.82) is 0 Å². The monoisotopic (exact) mass is 281 g/mol. The average Bonchev–Trinajstić information content (AvgIpc) is 2.46. The summed E-state index contributed by atoms with van der Waals surface area (Å²) < 4.78 is 4.81. The number of hydrogen-bond acceptors (Lipinski definition) is 6. The topological polar surface area (TPSA) is 68.5 Å². The van der Waals surface area contributed by atoms with Crippen LogP contribution in [0.4, 0.5) is 11.5 Å². The third kappa shape index (κ3) is 3.12. The van der Waals surface area contributed by atoms with Crippen LogP contribution in [0.25, 0.3) is 0 Å². The molecule has 1 saturated heterocycles. The molecule has 2 N–H and O–H groups in total. The minimum atomic E-state index is -0.365. The highest BCUT2D eigenvalue weighted by Gasteiger charge is 2.23. The normalized spacial score (nSPS) is 16.4. The van der Waals surface area contributed by atoms with Crippen molar-refractivity contribution < 1.29 is 9.53 Å². The molecule has 2 heterocycles. The first-order valence-electron chi connectivity index (χ1n) is 6.27. The number of piperidine rings is 1. The Bertz CT molecular complexity index is 459. The van der Waals surface area contributed by atoms with Crippen LogP contribution in [0.5, 0.6) is 0 Å². The van der Waals surface area contributed by atoms with Crippen molar-refractivity contribution in [3.8, 4) is 0 Å². The van der Waals surface area contributed by atoms with Gasteiger partial charge in [-0.05, 0) is 25.2 Å². The van der Waals surface area contributed by atoms with E-state index in [0.29, 0.717) is 16.6 Å². The van der Waals surface area contributed by atoms with Crippen molar-refractivity contribution >= 4 is 29.2 Å². The maximum Gasteiger partial charge on any atom is 0.340 e. The lowest BCUT2D eigenvalue weighted by Gasteiger charge is -2.33. The van der Waals surface area contributed by atoms with Gasteiger partial charge >= 0.3 is 5.97 Å². The standard InChI is InChI=1S/C13H19N3O2S/c1-18-13(17)10-7-12(14)15-8-11(10)16-5-3-9(19-2)4-6-16/h7-9H,3-6H2,1-2H3,(H2,14,15). The number of ether oxygens (including phenoxy) is 1. The van der Waals surface area contributed by atoms with Gasteiger partial charge in [0.25, 0.3) is 0 Å². The Balaban J connectivity index is 2.22. The van der Waals surface area contributed by atoms with Crippen LogP contribution in [0, 0.1) is 0 Å². The number of nitrogens with two attached hydrogens (primary N) is 1. The predicted molar refractivity (Wildman–Crippen MR) is 78.7 cm³/mol. The number of pyridine rings is 1. The third-order valence-corrected chi connectivity index (χ3v) is 4.56. The summed E-state index contributed by atoms with van der Waals surface area (Å²) in [6, 6.07) is 1.59. The zero-order valence-electron chi connectivity index (χ0n) is 11.3. The molecular formula is C13H19N3O2S. The van der Waals surface area contributed by atoms with Gasteiger partial charge in [-0.1, -0.05) is 0 Å². The van der Waals surface area contributed by atoms with E-state index in [0.717, 1.165) is 31.6 Å². The Hall–Kier alpha value is -1.43. The number of rotatable bonds is 3. The number of nitrogens with zero attached hydrogens (tertiary/aromatic N) is 2. The Morgan fingerprint density at radius 3 is 2.79 bits per heavy atom. The second-order valence-electron chi connectivity index (χ2n) is 4.54. The van der Waals surface area contributed by atoms with Crippen molar-refractivity contribution in [3.05, 3.63) is 17.8 Å². The van der Waals surface area contributed by atoms with E-state index in [2.05, 4.69) is 16.1 Å². The van der Waals surface area contributed by atoms with Crippen LogP contribution in [-0.2, 0) is 4.74 Å². The first-order chi connectivity index (χ1) is 9.15. The fourth-order valence-corrected chi connectivity index (χ4v) is 3.00. The fraction of sp³-hybridized carbons (Fsp3) is 0.538. The highest BCUT2D eigenvalue weighted by molar-refractivity contribution is 7.99. The Morgan fingerprint density at radius 1 is 1.53 bits per heavy atom. The van der Waals surface area contributed by atoms with E-state index in [-0.39, 0.29) is 5.97 Å². The summed E-state index contributed by atoms with van der Waals surface area (Å²) in [6.45, 7) is 1.86. The molecule has 0 aromatic carbocycles. The van der Waals surface area contributed by atoms with Gasteiger partial charge in [-0.3, -0.25) is 0 Å². The van der Waals surface area contributed by atoms with Crippen molar-refractivity contribution in [1.82, 2.24) is 4.98 Å². The minimum absolute atomic E-state index is 0.336. The summed E-state index contributed by atoms with van der Waals surface area (Å²) >= 11 is 1.91. The molecule has 2 rings (SSSR count). The molecule has 0 atom stereocenters. The van der Waals surface area contributed by atoms with Crippen molar-refractivity contribution in [3.63, 3.8) is 0 Å². The number of hydrogen-bond donors (Lipinski definition) is 1. The minimum Gasteiger partial charge on any atom is -0.465 e. The van der Waals surface area contributed by atoms with Crippen LogP contribution < -0.4 is 10.6 Å². The molecule has 0 amide bonds. The molecule has 0 spiro atoms. The van der Waals surface area contributed by atoms with E-state index in [4.69, 9.17) is 10.5 Å². The molecule has 1 fully saturated rings. The van der Waals surface area contributed by atoms with Gasteiger partial charge in [0.05, 0.1) is 24.6 Å². The van der Waals surface area contributed by atoms with Crippen molar-refractivity contribution in [2.24, 2.45) is 0 Å². The van der Waals surface area contributed by atoms with Crippen LogP contribution in [0.3, 0.4) is 0 Å². The first kappa shape index (κ1) is 14.0. The molecule has 1 aliphatic heterocycles. The van der Waals surface area contributed by atoms with Gasteiger partial charge in [0.1, 0.15) is 5.82 Å². The molecule has 0 unspecified atom stereocenters. The second-order valence-corrected chi connectivity index (χ2v) is 5.68. The van der Waals surface area contributed by atoms with E-state index in [1.54, 1.807) is 12.3 Å². The molecule has 0 saturated carbocycles. The van der Waals surface area contributed by atoms with Crippen LogP contribution in [-0.4, -0.2) is 42.7 Å². The molecule has 6 heteroatoms.